The highest BCUT2D eigenvalue weighted by Gasteiger charge is 2.23. The monoisotopic (exact) mass is 262 g/mol. The Morgan fingerprint density at radius 3 is 2.61 bits per heavy atom. The summed E-state index contributed by atoms with van der Waals surface area (Å²) < 4.78 is 5.14. The number of ether oxygens (including phenoxy) is 1. The molecule has 0 radical (unpaired) electrons. The molecule has 0 bridgehead atoms. The highest BCUT2D eigenvalue weighted by molar-refractivity contribution is 8.03. The first-order chi connectivity index (χ1) is 8.63. The molecule has 0 unspecified atom stereocenters. The lowest BCUT2D eigenvalue weighted by Crippen LogP contribution is -2.42. The van der Waals surface area contributed by atoms with Crippen LogP contribution in [-0.2, 0) is 9.53 Å². The van der Waals surface area contributed by atoms with Crippen LogP contribution < -0.4 is 4.90 Å². The van der Waals surface area contributed by atoms with Gasteiger partial charge in [-0.1, -0.05) is 0 Å². The van der Waals surface area contributed by atoms with Crippen molar-refractivity contribution in [2.24, 2.45) is 0 Å². The Labute approximate surface area is 111 Å². The molecule has 0 spiro atoms. The molecule has 94 valence electrons. The maximum absolute atomic E-state index is 11.9. The Kier molecular flexibility index (Phi) is 3.90. The number of thiocyanates is 1. The fourth-order valence-corrected chi connectivity index (χ4v) is 2.78. The minimum atomic E-state index is -0.00636. The average Bonchev–Trinajstić information content (AvgIpc) is 2.31. The van der Waals surface area contributed by atoms with E-state index in [1.165, 1.54) is 0 Å². The predicted molar refractivity (Wildman–Crippen MR) is 70.6 cm³/mol. The van der Waals surface area contributed by atoms with Gasteiger partial charge in [-0.2, -0.15) is 5.26 Å². The van der Waals surface area contributed by atoms with E-state index in [0.717, 1.165) is 33.5 Å². The van der Waals surface area contributed by atoms with E-state index in [1.54, 1.807) is 4.90 Å². The summed E-state index contributed by atoms with van der Waals surface area (Å²) in [6.45, 7) is 5.23. The molecule has 1 fully saturated rings. The Morgan fingerprint density at radius 1 is 1.39 bits per heavy atom. The molecule has 0 aromatic heterocycles. The SMILES string of the molecule is Cc1cc(SC#N)cc(C)c1N1CCOCC1=O. The third-order valence-electron chi connectivity index (χ3n) is 2.88. The third-order valence-corrected chi connectivity index (χ3v) is 3.45. The van der Waals surface area contributed by atoms with E-state index in [0.29, 0.717) is 13.2 Å². The summed E-state index contributed by atoms with van der Waals surface area (Å²) in [5, 5.41) is 10.8. The van der Waals surface area contributed by atoms with Crippen molar-refractivity contribution in [3.8, 4) is 5.40 Å². The topological polar surface area (TPSA) is 53.3 Å². The van der Waals surface area contributed by atoms with E-state index >= 15 is 0 Å². The molecule has 1 aromatic rings. The summed E-state index contributed by atoms with van der Waals surface area (Å²) in [6.07, 6.45) is 0. The van der Waals surface area contributed by atoms with E-state index in [1.807, 2.05) is 26.0 Å². The van der Waals surface area contributed by atoms with Crippen molar-refractivity contribution in [1.82, 2.24) is 0 Å². The summed E-state index contributed by atoms with van der Waals surface area (Å²) >= 11 is 1.14. The van der Waals surface area contributed by atoms with Gasteiger partial charge in [0.2, 0.25) is 0 Å². The minimum absolute atomic E-state index is 0.00636. The summed E-state index contributed by atoms with van der Waals surface area (Å²) in [5.74, 6) is -0.00636. The smallest absolute Gasteiger partial charge is 0.253 e. The van der Waals surface area contributed by atoms with Crippen molar-refractivity contribution < 1.29 is 9.53 Å². The van der Waals surface area contributed by atoms with Gasteiger partial charge in [-0.3, -0.25) is 4.79 Å². The first-order valence-corrected chi connectivity index (χ1v) is 6.50. The molecule has 4 nitrogen and oxygen atoms in total. The molecular weight excluding hydrogens is 248 g/mol. The number of amides is 1. The lowest BCUT2D eigenvalue weighted by atomic mass is 10.1. The van der Waals surface area contributed by atoms with Crippen LogP contribution in [0, 0.1) is 24.5 Å². The number of carbonyl (C=O) groups excluding carboxylic acids is 1. The Morgan fingerprint density at radius 2 is 2.06 bits per heavy atom. The molecule has 1 aliphatic rings. The number of nitrogens with zero attached hydrogens (tertiary/aromatic N) is 2. The van der Waals surface area contributed by atoms with Crippen molar-refractivity contribution in [2.45, 2.75) is 18.7 Å². The fraction of sp³-hybridized carbons (Fsp3) is 0.385. The number of morpholine rings is 1. The normalized spacial score (nSPS) is 15.6. The second kappa shape index (κ2) is 5.42. The standard InChI is InChI=1S/C13H14N2O2S/c1-9-5-11(18-8-14)6-10(2)13(9)15-3-4-17-7-12(15)16/h5-6H,3-4,7H2,1-2H3. The number of carbonyl (C=O) groups is 1. The summed E-state index contributed by atoms with van der Waals surface area (Å²) in [4.78, 5) is 14.5. The highest BCUT2D eigenvalue weighted by atomic mass is 32.2. The summed E-state index contributed by atoms with van der Waals surface area (Å²) in [6, 6.07) is 3.89. The number of aryl methyl sites for hydroxylation is 2. The van der Waals surface area contributed by atoms with Crippen LogP contribution in [0.4, 0.5) is 5.69 Å². The lowest BCUT2D eigenvalue weighted by molar-refractivity contribution is -0.125. The second-order valence-electron chi connectivity index (χ2n) is 4.20. The van der Waals surface area contributed by atoms with Gasteiger partial charge in [-0.05, 0) is 48.9 Å². The first-order valence-electron chi connectivity index (χ1n) is 5.69. The van der Waals surface area contributed by atoms with Crippen molar-refractivity contribution in [3.05, 3.63) is 23.3 Å². The zero-order chi connectivity index (χ0) is 13.1. The zero-order valence-electron chi connectivity index (χ0n) is 10.4. The van der Waals surface area contributed by atoms with Gasteiger partial charge in [-0.15, -0.1) is 0 Å². The van der Waals surface area contributed by atoms with E-state index in [9.17, 15) is 4.79 Å². The van der Waals surface area contributed by atoms with Crippen LogP contribution in [0.3, 0.4) is 0 Å². The van der Waals surface area contributed by atoms with Gasteiger partial charge in [0.15, 0.2) is 0 Å². The molecule has 1 aliphatic heterocycles. The van der Waals surface area contributed by atoms with E-state index < -0.39 is 0 Å². The maximum atomic E-state index is 11.9. The van der Waals surface area contributed by atoms with Crippen molar-refractivity contribution in [2.75, 3.05) is 24.7 Å². The molecule has 2 rings (SSSR count). The number of rotatable bonds is 2. The van der Waals surface area contributed by atoms with Crippen LogP contribution in [-0.4, -0.2) is 25.7 Å². The van der Waals surface area contributed by atoms with Gasteiger partial charge in [0.25, 0.3) is 5.91 Å². The van der Waals surface area contributed by atoms with Crippen molar-refractivity contribution >= 4 is 23.4 Å². The van der Waals surface area contributed by atoms with Crippen molar-refractivity contribution in [3.63, 3.8) is 0 Å². The molecule has 0 saturated carbocycles. The fourth-order valence-electron chi connectivity index (χ4n) is 2.21. The molecule has 1 aromatic carbocycles. The molecule has 1 saturated heterocycles. The average molecular weight is 262 g/mol. The first kappa shape index (κ1) is 12.9. The summed E-state index contributed by atoms with van der Waals surface area (Å²) in [5.41, 5.74) is 2.98. The zero-order valence-corrected chi connectivity index (χ0v) is 11.2. The van der Waals surface area contributed by atoms with E-state index in [4.69, 9.17) is 10.00 Å². The molecule has 1 amide bonds. The van der Waals surface area contributed by atoms with Crippen LogP contribution in [0.2, 0.25) is 0 Å². The van der Waals surface area contributed by atoms with Gasteiger partial charge in [0.05, 0.1) is 6.61 Å². The highest BCUT2D eigenvalue weighted by Crippen LogP contribution is 2.31. The summed E-state index contributed by atoms with van der Waals surface area (Å²) in [7, 11) is 0. The van der Waals surface area contributed by atoms with Gasteiger partial charge in [0.1, 0.15) is 12.0 Å². The van der Waals surface area contributed by atoms with Gasteiger partial charge in [-0.25, -0.2) is 0 Å². The number of thioether (sulfide) groups is 1. The quantitative estimate of drug-likeness (QED) is 0.606. The van der Waals surface area contributed by atoms with Crippen LogP contribution in [0.25, 0.3) is 0 Å². The molecule has 18 heavy (non-hydrogen) atoms. The number of hydrogen-bond donors (Lipinski definition) is 0. The Balaban J connectivity index is 2.39. The number of hydrogen-bond acceptors (Lipinski definition) is 4. The number of anilines is 1. The minimum Gasteiger partial charge on any atom is -0.370 e. The third kappa shape index (κ3) is 2.50. The Hall–Kier alpha value is -1.51. The number of nitriles is 1. The largest absolute Gasteiger partial charge is 0.370 e. The van der Waals surface area contributed by atoms with Crippen LogP contribution in [0.1, 0.15) is 11.1 Å². The van der Waals surface area contributed by atoms with Gasteiger partial charge >= 0.3 is 0 Å². The molecule has 0 N–H and O–H groups in total. The number of benzene rings is 1. The predicted octanol–water partition coefficient (Wildman–Crippen LogP) is 2.24. The van der Waals surface area contributed by atoms with E-state index in [-0.39, 0.29) is 12.5 Å². The molecule has 1 heterocycles. The maximum Gasteiger partial charge on any atom is 0.253 e. The van der Waals surface area contributed by atoms with Crippen LogP contribution >= 0.6 is 11.8 Å². The van der Waals surface area contributed by atoms with Gasteiger partial charge < -0.3 is 9.64 Å². The molecular formula is C13H14N2O2S. The van der Waals surface area contributed by atoms with E-state index in [2.05, 4.69) is 5.40 Å². The van der Waals surface area contributed by atoms with Crippen LogP contribution in [0.5, 0.6) is 0 Å². The van der Waals surface area contributed by atoms with Gasteiger partial charge in [0, 0.05) is 17.1 Å². The molecule has 0 atom stereocenters. The lowest BCUT2D eigenvalue weighted by Gasteiger charge is -2.29. The second-order valence-corrected chi connectivity index (χ2v) is 5.06. The van der Waals surface area contributed by atoms with Crippen molar-refractivity contribution in [1.29, 1.82) is 5.26 Å². The van der Waals surface area contributed by atoms with Crippen LogP contribution in [0.15, 0.2) is 17.0 Å². The Bertz CT molecular complexity index is 499. The molecule has 0 aliphatic carbocycles. The molecule has 5 heteroatoms.